The predicted octanol–water partition coefficient (Wildman–Crippen LogP) is 3.57. The number of carbonyl (C=O) groups is 1. The van der Waals surface area contributed by atoms with Crippen LogP contribution in [0.1, 0.15) is 49.9 Å². The lowest BCUT2D eigenvalue weighted by atomic mass is 10.1. The molecule has 1 fully saturated rings. The average molecular weight is 379 g/mol. The number of pyridine rings is 1. The molecule has 2 heterocycles. The molecule has 28 heavy (non-hydrogen) atoms. The van der Waals surface area contributed by atoms with Crippen molar-refractivity contribution in [3.63, 3.8) is 0 Å². The number of aryl methyl sites for hydroxylation is 1. The molecule has 3 N–H and O–H groups in total. The molecule has 3 atom stereocenters. The summed E-state index contributed by atoms with van der Waals surface area (Å²) in [5, 5.41) is 21.1. The molecule has 1 aliphatic rings. The maximum Gasteiger partial charge on any atom is 0.320 e. The Kier molecular flexibility index (Phi) is 5.00. The highest BCUT2D eigenvalue weighted by Gasteiger charge is 2.40. The minimum absolute atomic E-state index is 0.00187. The fourth-order valence-electron chi connectivity index (χ4n) is 3.60. The van der Waals surface area contributed by atoms with E-state index < -0.39 is 0 Å². The van der Waals surface area contributed by atoms with Gasteiger partial charge in [0.25, 0.3) is 0 Å². The quantitative estimate of drug-likeness (QED) is 0.610. The van der Waals surface area contributed by atoms with Gasteiger partial charge in [0.2, 0.25) is 0 Å². The first kappa shape index (κ1) is 18.4. The van der Waals surface area contributed by atoms with Crippen molar-refractivity contribution in [1.29, 1.82) is 0 Å². The molecule has 7 heteroatoms. The first-order valence-corrected chi connectivity index (χ1v) is 9.77. The molecule has 1 aromatic carbocycles. The Labute approximate surface area is 163 Å². The summed E-state index contributed by atoms with van der Waals surface area (Å²) in [7, 11) is 0. The zero-order valence-corrected chi connectivity index (χ0v) is 16.1. The van der Waals surface area contributed by atoms with Crippen LogP contribution in [0.15, 0.2) is 42.6 Å². The first-order valence-electron chi connectivity index (χ1n) is 9.77. The van der Waals surface area contributed by atoms with Gasteiger partial charge in [0.1, 0.15) is 5.82 Å². The lowest BCUT2D eigenvalue weighted by Gasteiger charge is -2.18. The van der Waals surface area contributed by atoms with Crippen molar-refractivity contribution < 1.29 is 9.90 Å². The third kappa shape index (κ3) is 3.57. The second-order valence-corrected chi connectivity index (χ2v) is 7.17. The number of amides is 2. The summed E-state index contributed by atoms with van der Waals surface area (Å²) >= 11 is 0. The van der Waals surface area contributed by atoms with Gasteiger partial charge in [-0.05, 0) is 31.4 Å². The van der Waals surface area contributed by atoms with E-state index in [-0.39, 0.29) is 24.1 Å². The van der Waals surface area contributed by atoms with Crippen molar-refractivity contribution in [2.24, 2.45) is 0 Å². The number of nitrogens with one attached hydrogen (secondary N) is 2. The van der Waals surface area contributed by atoms with E-state index in [9.17, 15) is 9.90 Å². The summed E-state index contributed by atoms with van der Waals surface area (Å²) in [4.78, 5) is 17.2. The van der Waals surface area contributed by atoms with Gasteiger partial charge in [0.05, 0.1) is 29.6 Å². The van der Waals surface area contributed by atoms with Crippen LogP contribution < -0.4 is 10.6 Å². The predicted molar refractivity (Wildman–Crippen MR) is 108 cm³/mol. The number of hydrogen-bond donors (Lipinski definition) is 3. The molecular weight excluding hydrogens is 354 g/mol. The van der Waals surface area contributed by atoms with Gasteiger partial charge < -0.3 is 10.4 Å². The molecule has 146 valence electrons. The normalized spacial score (nSPS) is 19.4. The molecule has 2 aromatic heterocycles. The van der Waals surface area contributed by atoms with Crippen LogP contribution in [0.3, 0.4) is 0 Å². The van der Waals surface area contributed by atoms with E-state index in [0.29, 0.717) is 12.2 Å². The number of benzene rings is 1. The molecule has 0 unspecified atom stereocenters. The van der Waals surface area contributed by atoms with Crippen LogP contribution in [0, 0.1) is 0 Å². The van der Waals surface area contributed by atoms with Crippen molar-refractivity contribution in [1.82, 2.24) is 20.1 Å². The van der Waals surface area contributed by atoms with Crippen LogP contribution in [0.5, 0.6) is 0 Å². The fraction of sp³-hybridized carbons (Fsp3) is 0.381. The van der Waals surface area contributed by atoms with Gasteiger partial charge >= 0.3 is 6.03 Å². The highest BCUT2D eigenvalue weighted by atomic mass is 16.3. The number of rotatable bonds is 6. The second kappa shape index (κ2) is 7.59. The zero-order valence-electron chi connectivity index (χ0n) is 16.1. The fourth-order valence-corrected chi connectivity index (χ4v) is 3.60. The van der Waals surface area contributed by atoms with Gasteiger partial charge in [-0.2, -0.15) is 5.10 Å². The van der Waals surface area contributed by atoms with Crippen LogP contribution in [-0.2, 0) is 6.54 Å². The first-order chi connectivity index (χ1) is 13.6. The number of aliphatic hydroxyl groups excluding tert-OH is 1. The molecule has 2 amide bonds. The maximum absolute atomic E-state index is 12.6. The molecule has 0 saturated heterocycles. The summed E-state index contributed by atoms with van der Waals surface area (Å²) in [6.07, 6.45) is 2.88. The second-order valence-electron chi connectivity index (χ2n) is 7.17. The largest absolute Gasteiger partial charge is 0.392 e. The standard InChI is InChI=1S/C21H25N5O2/c1-3-16(13-8-6-5-7-9-13)23-21(28)25-18-10-14-12-22-26(4-2)20(14)19(24-18)15-11-17(15)27/h5-10,12,15-17,27H,3-4,11H2,1-2H3,(H2,23,24,25,28)/t15-,16+,17+/m0/s1. The van der Waals surface area contributed by atoms with Gasteiger partial charge in [-0.15, -0.1) is 0 Å². The number of anilines is 1. The highest BCUT2D eigenvalue weighted by Crippen LogP contribution is 2.43. The number of fused-ring (bicyclic) bond motifs is 1. The SMILES string of the molecule is CC[C@@H](NC(=O)Nc1cc2cnn(CC)c2c([C@H]2C[C@H]2O)n1)c1ccccc1. The summed E-state index contributed by atoms with van der Waals surface area (Å²) in [5.74, 6) is 0.472. The van der Waals surface area contributed by atoms with E-state index in [1.807, 2.05) is 54.9 Å². The number of aliphatic hydroxyl groups is 1. The Morgan fingerprint density at radius 2 is 2.07 bits per heavy atom. The van der Waals surface area contributed by atoms with Crippen molar-refractivity contribution in [3.8, 4) is 0 Å². The van der Waals surface area contributed by atoms with Gasteiger partial charge in [0.15, 0.2) is 0 Å². The maximum atomic E-state index is 12.6. The molecule has 0 radical (unpaired) electrons. The molecule has 0 bridgehead atoms. The average Bonchev–Trinajstić information content (AvgIpc) is 3.29. The number of nitrogens with zero attached hydrogens (tertiary/aromatic N) is 3. The summed E-state index contributed by atoms with van der Waals surface area (Å²) < 4.78 is 1.88. The minimum Gasteiger partial charge on any atom is -0.392 e. The van der Waals surface area contributed by atoms with Crippen molar-refractivity contribution in [2.45, 2.75) is 51.3 Å². The molecule has 1 saturated carbocycles. The number of urea groups is 1. The monoisotopic (exact) mass is 379 g/mol. The van der Waals surface area contributed by atoms with E-state index in [1.54, 1.807) is 6.20 Å². The van der Waals surface area contributed by atoms with E-state index in [4.69, 9.17) is 0 Å². The lowest BCUT2D eigenvalue weighted by molar-refractivity contribution is 0.248. The number of carbonyl (C=O) groups excluding carboxylic acids is 1. The van der Waals surface area contributed by atoms with Crippen molar-refractivity contribution in [2.75, 3.05) is 5.32 Å². The minimum atomic E-state index is -0.373. The van der Waals surface area contributed by atoms with Crippen molar-refractivity contribution >= 4 is 22.8 Å². The Morgan fingerprint density at radius 3 is 2.71 bits per heavy atom. The lowest BCUT2D eigenvalue weighted by Crippen LogP contribution is -2.32. The summed E-state index contributed by atoms with van der Waals surface area (Å²) in [6.45, 7) is 4.78. The van der Waals surface area contributed by atoms with E-state index >= 15 is 0 Å². The molecule has 3 aromatic rings. The van der Waals surface area contributed by atoms with Crippen LogP contribution in [0.4, 0.5) is 10.6 Å². The third-order valence-electron chi connectivity index (χ3n) is 5.21. The number of aromatic nitrogens is 3. The van der Waals surface area contributed by atoms with Crippen LogP contribution in [-0.4, -0.2) is 32.0 Å². The third-order valence-corrected chi connectivity index (χ3v) is 5.21. The Morgan fingerprint density at radius 1 is 1.32 bits per heavy atom. The van der Waals surface area contributed by atoms with Crippen LogP contribution in [0.25, 0.3) is 10.9 Å². The topological polar surface area (TPSA) is 92.1 Å². The zero-order chi connectivity index (χ0) is 19.7. The molecule has 0 aliphatic heterocycles. The number of hydrogen-bond acceptors (Lipinski definition) is 4. The van der Waals surface area contributed by atoms with Crippen molar-refractivity contribution in [3.05, 3.63) is 53.9 Å². The molecule has 0 spiro atoms. The van der Waals surface area contributed by atoms with Gasteiger partial charge in [-0.1, -0.05) is 37.3 Å². The summed E-state index contributed by atoms with van der Waals surface area (Å²) in [6, 6.07) is 11.4. The Bertz CT molecular complexity index is 985. The van der Waals surface area contributed by atoms with Gasteiger partial charge in [0, 0.05) is 17.8 Å². The van der Waals surface area contributed by atoms with Gasteiger partial charge in [-0.25, -0.2) is 9.78 Å². The molecule has 7 nitrogen and oxygen atoms in total. The van der Waals surface area contributed by atoms with E-state index in [2.05, 4.69) is 20.7 Å². The smallest absolute Gasteiger partial charge is 0.320 e. The van der Waals surface area contributed by atoms with E-state index in [1.165, 1.54) is 0 Å². The molecule has 4 rings (SSSR count). The molecule has 1 aliphatic carbocycles. The Hall–Kier alpha value is -2.93. The van der Waals surface area contributed by atoms with E-state index in [0.717, 1.165) is 35.1 Å². The highest BCUT2D eigenvalue weighted by molar-refractivity contribution is 5.92. The molecular formula is C21H25N5O2. The van der Waals surface area contributed by atoms with Crippen LogP contribution in [0.2, 0.25) is 0 Å². The van der Waals surface area contributed by atoms with Gasteiger partial charge in [-0.3, -0.25) is 10.00 Å². The van der Waals surface area contributed by atoms with Crippen LogP contribution >= 0.6 is 0 Å². The Balaban J connectivity index is 1.57. The summed E-state index contributed by atoms with van der Waals surface area (Å²) in [5.41, 5.74) is 2.80.